The number of hydrogen-bond acceptors (Lipinski definition) is 5. The number of anilines is 3. The van der Waals surface area contributed by atoms with E-state index in [2.05, 4.69) is 33.8 Å². The van der Waals surface area contributed by atoms with Gasteiger partial charge in [0.25, 0.3) is 5.91 Å². The molecule has 3 aromatic carbocycles. The minimum Gasteiger partial charge on any atom is -0.484 e. The number of ether oxygens (including phenoxy) is 2. The monoisotopic (exact) mass is 566 g/mol. The number of carbonyl (C=O) groups excluding carboxylic acids is 1. The molecule has 0 saturated heterocycles. The molecule has 1 amide bonds. The van der Waals surface area contributed by atoms with E-state index in [0.717, 1.165) is 36.8 Å². The molecule has 41 heavy (non-hydrogen) atoms. The summed E-state index contributed by atoms with van der Waals surface area (Å²) in [4.78, 5) is 17.3. The maximum Gasteiger partial charge on any atom is 0.573 e. The van der Waals surface area contributed by atoms with Gasteiger partial charge in [0.15, 0.2) is 6.61 Å². The third-order valence-corrected chi connectivity index (χ3v) is 7.22. The van der Waals surface area contributed by atoms with Crippen molar-refractivity contribution < 1.29 is 27.4 Å². The smallest absolute Gasteiger partial charge is 0.484 e. The number of nitrogens with zero attached hydrogens (tertiary/aromatic N) is 2. The van der Waals surface area contributed by atoms with Gasteiger partial charge in [0.2, 0.25) is 5.95 Å². The van der Waals surface area contributed by atoms with Crippen molar-refractivity contribution in [3.05, 3.63) is 72.3 Å². The number of fused-ring (bicyclic) bond motifs is 1. The number of aryl methyl sites for hydroxylation is 1. The third-order valence-electron chi connectivity index (χ3n) is 7.22. The lowest BCUT2D eigenvalue weighted by molar-refractivity contribution is -0.274. The van der Waals surface area contributed by atoms with Gasteiger partial charge in [0.1, 0.15) is 11.5 Å². The van der Waals surface area contributed by atoms with E-state index in [1.807, 2.05) is 43.3 Å². The van der Waals surface area contributed by atoms with Gasteiger partial charge in [-0.2, -0.15) is 0 Å². The fourth-order valence-corrected chi connectivity index (χ4v) is 5.44. The summed E-state index contributed by atoms with van der Waals surface area (Å²) in [7, 11) is 0. The molecule has 0 radical (unpaired) electrons. The van der Waals surface area contributed by atoms with E-state index in [4.69, 9.17) is 9.72 Å². The minimum absolute atomic E-state index is 0.158. The molecular formula is C31H33F3N4O3. The summed E-state index contributed by atoms with van der Waals surface area (Å²) in [5.74, 6) is 0.525. The average molecular weight is 567 g/mol. The van der Waals surface area contributed by atoms with Crippen LogP contribution in [-0.2, 0) is 4.79 Å². The van der Waals surface area contributed by atoms with Crippen molar-refractivity contribution in [2.75, 3.05) is 17.2 Å². The Morgan fingerprint density at radius 1 is 1.05 bits per heavy atom. The van der Waals surface area contributed by atoms with Gasteiger partial charge in [0.05, 0.1) is 11.0 Å². The van der Waals surface area contributed by atoms with E-state index in [-0.39, 0.29) is 29.7 Å². The number of nitrogens with one attached hydrogen (secondary N) is 2. The highest BCUT2D eigenvalue weighted by Gasteiger charge is 2.32. The molecule has 0 aliphatic heterocycles. The zero-order valence-electron chi connectivity index (χ0n) is 23.2. The van der Waals surface area contributed by atoms with E-state index in [0.29, 0.717) is 28.6 Å². The molecule has 1 aromatic heterocycles. The van der Waals surface area contributed by atoms with Gasteiger partial charge < -0.3 is 24.7 Å². The van der Waals surface area contributed by atoms with Gasteiger partial charge in [-0.05, 0) is 85.7 Å². The molecule has 7 nitrogen and oxygen atoms in total. The molecular weight excluding hydrogens is 533 g/mol. The van der Waals surface area contributed by atoms with Crippen molar-refractivity contribution in [2.24, 2.45) is 5.41 Å². The molecule has 216 valence electrons. The lowest BCUT2D eigenvalue weighted by Gasteiger charge is -2.36. The lowest BCUT2D eigenvalue weighted by Crippen LogP contribution is -2.25. The number of halogens is 3. The van der Waals surface area contributed by atoms with Crippen LogP contribution in [0.15, 0.2) is 66.7 Å². The van der Waals surface area contributed by atoms with Crippen molar-refractivity contribution in [3.8, 4) is 11.5 Å². The van der Waals surface area contributed by atoms with E-state index in [1.54, 1.807) is 6.07 Å². The summed E-state index contributed by atoms with van der Waals surface area (Å²) in [5.41, 5.74) is 4.09. The molecule has 1 unspecified atom stereocenters. The van der Waals surface area contributed by atoms with Gasteiger partial charge in [-0.25, -0.2) is 4.98 Å². The van der Waals surface area contributed by atoms with Crippen LogP contribution in [0.5, 0.6) is 11.5 Å². The Hall–Kier alpha value is -4.21. The Morgan fingerprint density at radius 2 is 1.80 bits per heavy atom. The Morgan fingerprint density at radius 3 is 2.51 bits per heavy atom. The summed E-state index contributed by atoms with van der Waals surface area (Å²) in [6.45, 7) is 6.32. The van der Waals surface area contributed by atoms with Crippen molar-refractivity contribution >= 4 is 34.3 Å². The predicted molar refractivity (Wildman–Crippen MR) is 153 cm³/mol. The Balaban J connectivity index is 1.38. The summed E-state index contributed by atoms with van der Waals surface area (Å²) in [5, 5.41) is 6.12. The SMILES string of the molecule is Cc1cccc(NC(=O)COc2ccc3c(c2)nc(Nc2ccc(OC(F)(F)F)cc2)n3C2CCCC(C)(C)C2)c1. The van der Waals surface area contributed by atoms with Crippen LogP contribution in [-0.4, -0.2) is 28.4 Å². The molecule has 10 heteroatoms. The second-order valence-corrected chi connectivity index (χ2v) is 11.3. The largest absolute Gasteiger partial charge is 0.573 e. The summed E-state index contributed by atoms with van der Waals surface area (Å²) >= 11 is 0. The van der Waals surface area contributed by atoms with Crippen LogP contribution in [0.1, 0.15) is 51.1 Å². The van der Waals surface area contributed by atoms with Gasteiger partial charge in [-0.3, -0.25) is 4.79 Å². The van der Waals surface area contributed by atoms with Gasteiger partial charge in [0, 0.05) is 23.5 Å². The van der Waals surface area contributed by atoms with Crippen LogP contribution in [0.4, 0.5) is 30.5 Å². The molecule has 1 atom stereocenters. The van der Waals surface area contributed by atoms with Crippen molar-refractivity contribution in [1.82, 2.24) is 9.55 Å². The van der Waals surface area contributed by atoms with Crippen LogP contribution in [0, 0.1) is 12.3 Å². The van der Waals surface area contributed by atoms with E-state index in [1.165, 1.54) is 24.3 Å². The van der Waals surface area contributed by atoms with Gasteiger partial charge in [-0.1, -0.05) is 32.4 Å². The van der Waals surface area contributed by atoms with Gasteiger partial charge >= 0.3 is 6.36 Å². The predicted octanol–water partition coefficient (Wildman–Crippen LogP) is 8.15. The van der Waals surface area contributed by atoms with Crippen LogP contribution in [0.3, 0.4) is 0 Å². The fraction of sp³-hybridized carbons (Fsp3) is 0.355. The quantitative estimate of drug-likeness (QED) is 0.225. The standard InChI is InChI=1S/C31H33F3N4O3/c1-20-6-4-7-22(16-20)35-28(39)19-40-25-13-14-27-26(17-25)37-29(38(27)23-8-5-15-30(2,3)18-23)36-21-9-11-24(12-10-21)41-31(32,33)34/h4,6-7,9-14,16-17,23H,5,8,15,18-19H2,1-3H3,(H,35,39)(H,36,37). The zero-order chi connectivity index (χ0) is 29.2. The van der Waals surface area contributed by atoms with Crippen LogP contribution in [0.2, 0.25) is 0 Å². The molecule has 0 spiro atoms. The Labute approximate surface area is 236 Å². The summed E-state index contributed by atoms with van der Waals surface area (Å²) in [6, 6.07) is 18.8. The number of aromatic nitrogens is 2. The molecule has 1 saturated carbocycles. The second kappa shape index (κ2) is 11.3. The minimum atomic E-state index is -4.75. The molecule has 4 aromatic rings. The summed E-state index contributed by atoms with van der Waals surface area (Å²) < 4.78 is 49.7. The van der Waals surface area contributed by atoms with Crippen LogP contribution < -0.4 is 20.1 Å². The molecule has 1 heterocycles. The maximum atomic E-state index is 12.6. The first-order valence-electron chi connectivity index (χ1n) is 13.6. The second-order valence-electron chi connectivity index (χ2n) is 11.3. The Kier molecular flexibility index (Phi) is 7.84. The highest BCUT2D eigenvalue weighted by molar-refractivity contribution is 5.92. The molecule has 0 bridgehead atoms. The number of carbonyl (C=O) groups is 1. The summed E-state index contributed by atoms with van der Waals surface area (Å²) in [6.07, 6.45) is -0.584. The molecule has 5 rings (SSSR count). The van der Waals surface area contributed by atoms with Crippen molar-refractivity contribution in [3.63, 3.8) is 0 Å². The topological polar surface area (TPSA) is 77.4 Å². The zero-order valence-corrected chi connectivity index (χ0v) is 23.2. The van der Waals surface area contributed by atoms with E-state index >= 15 is 0 Å². The number of alkyl halides is 3. The number of imidazole rings is 1. The van der Waals surface area contributed by atoms with Crippen LogP contribution >= 0.6 is 0 Å². The average Bonchev–Trinajstić information content (AvgIpc) is 3.24. The number of amides is 1. The molecule has 1 aliphatic carbocycles. The number of rotatable bonds is 8. The first kappa shape index (κ1) is 28.3. The lowest BCUT2D eigenvalue weighted by atomic mass is 9.75. The first-order valence-corrected chi connectivity index (χ1v) is 13.6. The normalized spacial score (nSPS) is 16.8. The highest BCUT2D eigenvalue weighted by Crippen LogP contribution is 2.44. The van der Waals surface area contributed by atoms with E-state index in [9.17, 15) is 18.0 Å². The highest BCUT2D eigenvalue weighted by atomic mass is 19.4. The first-order chi connectivity index (χ1) is 19.4. The Bertz CT molecular complexity index is 1530. The number of hydrogen-bond donors (Lipinski definition) is 2. The number of benzene rings is 3. The molecule has 2 N–H and O–H groups in total. The molecule has 1 fully saturated rings. The van der Waals surface area contributed by atoms with Gasteiger partial charge in [-0.15, -0.1) is 13.2 Å². The molecule has 1 aliphatic rings. The van der Waals surface area contributed by atoms with Crippen molar-refractivity contribution in [1.29, 1.82) is 0 Å². The van der Waals surface area contributed by atoms with Crippen molar-refractivity contribution in [2.45, 2.75) is 58.9 Å². The fourth-order valence-electron chi connectivity index (χ4n) is 5.44. The third kappa shape index (κ3) is 7.31. The van der Waals surface area contributed by atoms with Crippen LogP contribution in [0.25, 0.3) is 11.0 Å². The maximum absolute atomic E-state index is 12.6. The van der Waals surface area contributed by atoms with E-state index < -0.39 is 6.36 Å².